The average Bonchev–Trinajstić information content (AvgIpc) is 3.46. The van der Waals surface area contributed by atoms with E-state index in [0.29, 0.717) is 16.9 Å². The molecule has 6 nitrogen and oxygen atoms in total. The van der Waals surface area contributed by atoms with E-state index in [9.17, 15) is 13.6 Å². The Hall–Kier alpha value is -3.75. The number of hydrogen-bond donors (Lipinski definition) is 2. The number of hydrogen-bond acceptors (Lipinski definition) is 3. The van der Waals surface area contributed by atoms with E-state index >= 15 is 0 Å². The van der Waals surface area contributed by atoms with Crippen LogP contribution >= 0.6 is 24.0 Å². The van der Waals surface area contributed by atoms with E-state index < -0.39 is 17.5 Å². The maximum Gasteiger partial charge on any atom is 0.258 e. The fourth-order valence-corrected chi connectivity index (χ4v) is 3.64. The number of para-hydroxylation sites is 1. The van der Waals surface area contributed by atoms with Gasteiger partial charge in [-0.2, -0.15) is 5.10 Å². The van der Waals surface area contributed by atoms with E-state index in [-0.39, 0.29) is 28.7 Å². The Labute approximate surface area is 197 Å². The molecule has 0 fully saturated rings. The summed E-state index contributed by atoms with van der Waals surface area (Å²) in [6.45, 7) is 0. The summed E-state index contributed by atoms with van der Waals surface area (Å²) in [6, 6.07) is 12.0. The standard InChI is InChI=1S/C23H14ClF2N5O.ClH/c24-17-2-1-3-18(25)22(17)30-23(32)16-6-4-13(8-19(16)26)20-11-27-21-7-5-14(12-31(20)21)15-9-28-29-10-15;/h1-12H,(H,28,29)(H,30,32);1H. The van der Waals surface area contributed by atoms with Gasteiger partial charge in [0.2, 0.25) is 0 Å². The van der Waals surface area contributed by atoms with Crippen molar-refractivity contribution >= 4 is 41.2 Å². The molecule has 166 valence electrons. The first-order chi connectivity index (χ1) is 15.5. The minimum atomic E-state index is -0.804. The molecule has 0 aliphatic rings. The number of carbonyl (C=O) groups excluding carboxylic acids is 1. The topological polar surface area (TPSA) is 75.1 Å². The fourth-order valence-electron chi connectivity index (χ4n) is 3.43. The molecule has 33 heavy (non-hydrogen) atoms. The fraction of sp³-hybridized carbons (Fsp3) is 0. The third kappa shape index (κ3) is 4.18. The summed E-state index contributed by atoms with van der Waals surface area (Å²) in [6.07, 6.45) is 6.97. The summed E-state index contributed by atoms with van der Waals surface area (Å²) in [5, 5.41) is 9.08. The summed E-state index contributed by atoms with van der Waals surface area (Å²) < 4.78 is 30.7. The van der Waals surface area contributed by atoms with Crippen molar-refractivity contribution in [3.8, 4) is 22.4 Å². The van der Waals surface area contributed by atoms with Gasteiger partial charge in [0.05, 0.1) is 34.4 Å². The van der Waals surface area contributed by atoms with Crippen LogP contribution in [0.4, 0.5) is 14.5 Å². The molecular formula is C23H15Cl2F2N5O. The van der Waals surface area contributed by atoms with Crippen LogP contribution in [0.1, 0.15) is 10.4 Å². The third-order valence-corrected chi connectivity index (χ3v) is 5.36. The zero-order valence-electron chi connectivity index (χ0n) is 16.7. The number of nitrogens with one attached hydrogen (secondary N) is 2. The van der Waals surface area contributed by atoms with Gasteiger partial charge in [-0.15, -0.1) is 12.4 Å². The Balaban J connectivity index is 0.00000259. The number of rotatable bonds is 4. The molecule has 1 amide bonds. The minimum absolute atomic E-state index is 0. The number of pyridine rings is 1. The van der Waals surface area contributed by atoms with E-state index in [0.717, 1.165) is 17.2 Å². The molecule has 0 saturated carbocycles. The van der Waals surface area contributed by atoms with Crippen LogP contribution in [-0.2, 0) is 0 Å². The molecule has 0 aliphatic heterocycles. The van der Waals surface area contributed by atoms with E-state index in [1.807, 2.05) is 22.7 Å². The molecule has 5 aromatic rings. The van der Waals surface area contributed by atoms with Gasteiger partial charge < -0.3 is 5.32 Å². The van der Waals surface area contributed by atoms with E-state index in [4.69, 9.17) is 11.6 Å². The SMILES string of the molecule is Cl.O=C(Nc1c(F)cccc1Cl)c1ccc(-c2cnc3ccc(-c4cn[nH]c4)cn23)cc1F. The summed E-state index contributed by atoms with van der Waals surface area (Å²) >= 11 is 5.93. The lowest BCUT2D eigenvalue weighted by Gasteiger charge is -2.10. The summed E-state index contributed by atoms with van der Waals surface area (Å²) in [7, 11) is 0. The predicted molar refractivity (Wildman–Crippen MR) is 125 cm³/mol. The van der Waals surface area contributed by atoms with Crippen LogP contribution in [0.2, 0.25) is 5.02 Å². The van der Waals surface area contributed by atoms with Crippen LogP contribution in [0.15, 0.2) is 73.3 Å². The van der Waals surface area contributed by atoms with Crippen molar-refractivity contribution in [3.63, 3.8) is 0 Å². The zero-order chi connectivity index (χ0) is 22.2. The van der Waals surface area contributed by atoms with Gasteiger partial charge in [0.15, 0.2) is 0 Å². The third-order valence-electron chi connectivity index (χ3n) is 5.05. The molecular weight excluding hydrogens is 471 g/mol. The van der Waals surface area contributed by atoms with Crippen LogP contribution in [0.5, 0.6) is 0 Å². The average molecular weight is 486 g/mol. The molecule has 0 spiro atoms. The molecule has 2 N–H and O–H groups in total. The largest absolute Gasteiger partial charge is 0.318 e. The number of halogens is 4. The van der Waals surface area contributed by atoms with Crippen molar-refractivity contribution in [2.75, 3.05) is 5.32 Å². The molecule has 0 bridgehead atoms. The van der Waals surface area contributed by atoms with Crippen molar-refractivity contribution in [3.05, 3.63) is 95.5 Å². The number of imidazole rings is 1. The Morgan fingerprint density at radius 1 is 1.00 bits per heavy atom. The second-order valence-corrected chi connectivity index (χ2v) is 7.43. The molecule has 3 heterocycles. The number of benzene rings is 2. The molecule has 2 aromatic carbocycles. The first-order valence-corrected chi connectivity index (χ1v) is 9.90. The normalized spacial score (nSPS) is 10.8. The number of nitrogens with zero attached hydrogens (tertiary/aromatic N) is 3. The van der Waals surface area contributed by atoms with Gasteiger partial charge in [0, 0.05) is 29.1 Å². The van der Waals surface area contributed by atoms with Crippen molar-refractivity contribution in [1.29, 1.82) is 0 Å². The number of aromatic nitrogens is 4. The summed E-state index contributed by atoms with van der Waals surface area (Å²) in [5.41, 5.74) is 3.23. The van der Waals surface area contributed by atoms with Gasteiger partial charge in [-0.1, -0.05) is 23.7 Å². The van der Waals surface area contributed by atoms with Gasteiger partial charge in [-0.3, -0.25) is 14.3 Å². The van der Waals surface area contributed by atoms with Crippen LogP contribution in [0, 0.1) is 11.6 Å². The number of fused-ring (bicyclic) bond motifs is 1. The first-order valence-electron chi connectivity index (χ1n) is 9.53. The van der Waals surface area contributed by atoms with Gasteiger partial charge in [-0.05, 0) is 36.4 Å². The maximum absolute atomic E-state index is 14.9. The zero-order valence-corrected chi connectivity index (χ0v) is 18.3. The first kappa shape index (κ1) is 22.4. The van der Waals surface area contributed by atoms with Crippen molar-refractivity contribution in [2.45, 2.75) is 0 Å². The molecule has 0 radical (unpaired) electrons. The van der Waals surface area contributed by atoms with E-state index in [2.05, 4.69) is 20.5 Å². The van der Waals surface area contributed by atoms with E-state index in [1.54, 1.807) is 24.7 Å². The van der Waals surface area contributed by atoms with Crippen LogP contribution in [0.3, 0.4) is 0 Å². The maximum atomic E-state index is 14.9. The molecule has 10 heteroatoms. The predicted octanol–water partition coefficient (Wildman–Crippen LogP) is 6.00. The number of aromatic amines is 1. The van der Waals surface area contributed by atoms with Gasteiger partial charge in [0.25, 0.3) is 5.91 Å². The van der Waals surface area contributed by atoms with Gasteiger partial charge in [0.1, 0.15) is 17.3 Å². The highest BCUT2D eigenvalue weighted by Crippen LogP contribution is 2.28. The highest BCUT2D eigenvalue weighted by atomic mass is 35.5. The van der Waals surface area contributed by atoms with Crippen molar-refractivity contribution in [1.82, 2.24) is 19.6 Å². The summed E-state index contributed by atoms with van der Waals surface area (Å²) in [5.74, 6) is -2.27. The van der Waals surface area contributed by atoms with Crippen molar-refractivity contribution < 1.29 is 13.6 Å². The number of amides is 1. The lowest BCUT2D eigenvalue weighted by molar-refractivity contribution is 0.102. The minimum Gasteiger partial charge on any atom is -0.318 e. The van der Waals surface area contributed by atoms with Crippen molar-refractivity contribution in [2.24, 2.45) is 0 Å². The van der Waals surface area contributed by atoms with Gasteiger partial charge in [-0.25, -0.2) is 13.8 Å². The van der Waals surface area contributed by atoms with Gasteiger partial charge >= 0.3 is 0 Å². The Morgan fingerprint density at radius 3 is 2.55 bits per heavy atom. The number of carbonyl (C=O) groups is 1. The molecule has 0 aliphatic carbocycles. The number of H-pyrrole nitrogens is 1. The van der Waals surface area contributed by atoms with E-state index in [1.165, 1.54) is 24.3 Å². The van der Waals surface area contributed by atoms with Crippen LogP contribution < -0.4 is 5.32 Å². The quantitative estimate of drug-likeness (QED) is 0.328. The Bertz CT molecular complexity index is 1450. The Morgan fingerprint density at radius 2 is 1.82 bits per heavy atom. The highest BCUT2D eigenvalue weighted by molar-refractivity contribution is 6.34. The summed E-state index contributed by atoms with van der Waals surface area (Å²) in [4.78, 5) is 16.9. The Kier molecular flexibility index (Phi) is 6.13. The van der Waals surface area contributed by atoms with Crippen LogP contribution in [0.25, 0.3) is 28.0 Å². The molecule has 0 saturated heterocycles. The number of anilines is 1. The highest BCUT2D eigenvalue weighted by Gasteiger charge is 2.17. The monoisotopic (exact) mass is 485 g/mol. The smallest absolute Gasteiger partial charge is 0.258 e. The molecule has 3 aromatic heterocycles. The lowest BCUT2D eigenvalue weighted by atomic mass is 10.1. The molecule has 0 atom stereocenters. The van der Waals surface area contributed by atoms with Crippen LogP contribution in [-0.4, -0.2) is 25.5 Å². The molecule has 5 rings (SSSR count). The second-order valence-electron chi connectivity index (χ2n) is 7.02. The second kappa shape index (κ2) is 9.01. The lowest BCUT2D eigenvalue weighted by Crippen LogP contribution is -2.15. The molecule has 0 unspecified atom stereocenters.